The van der Waals surface area contributed by atoms with Gasteiger partial charge in [-0.15, -0.1) is 0 Å². The Hall–Kier alpha value is -4.00. The Morgan fingerprint density at radius 2 is 1.54 bits per heavy atom. The minimum atomic E-state index is -0.428. The fraction of sp³-hybridized carbons (Fsp3) is 0.286. The largest absolute Gasteiger partial charge is 0.497 e. The SMILES string of the molecule is COc1ccc(C(=O)N2C[C@H](C(=O)NCc3ccccc3)[C@@H](c3ccc(OC)cc3OC)C2)cc1. The molecule has 3 aromatic rings. The highest BCUT2D eigenvalue weighted by Gasteiger charge is 2.41. The molecule has 1 N–H and O–H groups in total. The number of carbonyl (C=O) groups is 2. The van der Waals surface area contributed by atoms with Crippen LogP contribution in [0, 0.1) is 5.92 Å². The summed E-state index contributed by atoms with van der Waals surface area (Å²) >= 11 is 0. The summed E-state index contributed by atoms with van der Waals surface area (Å²) < 4.78 is 16.2. The summed E-state index contributed by atoms with van der Waals surface area (Å²) in [7, 11) is 4.78. The Kier molecular flexibility index (Phi) is 7.55. The van der Waals surface area contributed by atoms with E-state index in [0.717, 1.165) is 11.1 Å². The van der Waals surface area contributed by atoms with E-state index in [9.17, 15) is 9.59 Å². The number of rotatable bonds is 8. The Morgan fingerprint density at radius 1 is 0.857 bits per heavy atom. The number of methoxy groups -OCH3 is 3. The number of benzene rings is 3. The zero-order valence-electron chi connectivity index (χ0n) is 20.2. The molecule has 0 bridgehead atoms. The zero-order valence-corrected chi connectivity index (χ0v) is 20.2. The smallest absolute Gasteiger partial charge is 0.253 e. The molecule has 35 heavy (non-hydrogen) atoms. The predicted octanol–water partition coefficient (Wildman–Crippen LogP) is 3.88. The van der Waals surface area contributed by atoms with E-state index >= 15 is 0 Å². The maximum Gasteiger partial charge on any atom is 0.253 e. The van der Waals surface area contributed by atoms with Crippen molar-refractivity contribution in [2.45, 2.75) is 12.5 Å². The van der Waals surface area contributed by atoms with E-state index in [-0.39, 0.29) is 17.7 Å². The summed E-state index contributed by atoms with van der Waals surface area (Å²) in [5, 5.41) is 3.06. The molecule has 7 heteroatoms. The molecule has 7 nitrogen and oxygen atoms in total. The molecule has 4 rings (SSSR count). The minimum Gasteiger partial charge on any atom is -0.497 e. The summed E-state index contributed by atoms with van der Waals surface area (Å²) in [5.41, 5.74) is 2.44. The first-order chi connectivity index (χ1) is 17.0. The van der Waals surface area contributed by atoms with E-state index in [1.54, 1.807) is 50.5 Å². The average molecular weight is 475 g/mol. The lowest BCUT2D eigenvalue weighted by Gasteiger charge is -2.21. The summed E-state index contributed by atoms with van der Waals surface area (Å²) in [5.74, 6) is 1.11. The molecule has 0 aromatic heterocycles. The highest BCUT2D eigenvalue weighted by atomic mass is 16.5. The van der Waals surface area contributed by atoms with Crippen LogP contribution in [-0.4, -0.2) is 51.1 Å². The standard InChI is InChI=1S/C28H30N2O5/c1-33-21-11-9-20(10-12-21)28(32)30-17-24(23-14-13-22(34-2)15-26(23)35-3)25(18-30)27(31)29-16-19-7-5-4-6-8-19/h4-15,24-25H,16-18H2,1-3H3,(H,29,31)/t24-,25+/m1/s1. The van der Waals surface area contributed by atoms with Gasteiger partial charge < -0.3 is 24.4 Å². The van der Waals surface area contributed by atoms with Gasteiger partial charge in [0.1, 0.15) is 17.2 Å². The van der Waals surface area contributed by atoms with Crippen molar-refractivity contribution in [1.29, 1.82) is 0 Å². The minimum absolute atomic E-state index is 0.0956. The Bertz CT molecular complexity index is 1160. The molecular formula is C28H30N2O5. The fourth-order valence-electron chi connectivity index (χ4n) is 4.51. The van der Waals surface area contributed by atoms with Gasteiger partial charge in [0.25, 0.3) is 5.91 Å². The summed E-state index contributed by atoms with van der Waals surface area (Å²) in [6, 6.07) is 22.4. The van der Waals surface area contributed by atoms with Crippen LogP contribution in [0.5, 0.6) is 17.2 Å². The number of likely N-dealkylation sites (tertiary alicyclic amines) is 1. The van der Waals surface area contributed by atoms with Gasteiger partial charge in [0.15, 0.2) is 0 Å². The van der Waals surface area contributed by atoms with Gasteiger partial charge in [-0.05, 0) is 35.9 Å². The molecule has 2 atom stereocenters. The second kappa shape index (κ2) is 11.0. The van der Waals surface area contributed by atoms with Gasteiger partial charge in [0, 0.05) is 42.7 Å². The number of hydrogen-bond acceptors (Lipinski definition) is 5. The first-order valence-corrected chi connectivity index (χ1v) is 11.5. The number of nitrogens with one attached hydrogen (secondary N) is 1. The van der Waals surface area contributed by atoms with Crippen molar-refractivity contribution in [2.75, 3.05) is 34.4 Å². The zero-order chi connectivity index (χ0) is 24.8. The van der Waals surface area contributed by atoms with Crippen molar-refractivity contribution in [3.8, 4) is 17.2 Å². The third-order valence-corrected chi connectivity index (χ3v) is 6.43. The first kappa shape index (κ1) is 24.1. The number of ether oxygens (including phenoxy) is 3. The van der Waals surface area contributed by atoms with Crippen LogP contribution in [0.1, 0.15) is 27.4 Å². The number of nitrogens with zero attached hydrogens (tertiary/aromatic N) is 1. The van der Waals surface area contributed by atoms with E-state index in [4.69, 9.17) is 14.2 Å². The van der Waals surface area contributed by atoms with Gasteiger partial charge in [-0.3, -0.25) is 9.59 Å². The molecule has 1 aliphatic rings. The molecule has 3 aromatic carbocycles. The van der Waals surface area contributed by atoms with Gasteiger partial charge in [0.05, 0.1) is 27.2 Å². The van der Waals surface area contributed by atoms with Crippen LogP contribution in [0.15, 0.2) is 72.8 Å². The lowest BCUT2D eigenvalue weighted by molar-refractivity contribution is -0.125. The van der Waals surface area contributed by atoms with Crippen LogP contribution in [0.3, 0.4) is 0 Å². The molecule has 1 heterocycles. The van der Waals surface area contributed by atoms with Gasteiger partial charge in [-0.25, -0.2) is 0 Å². The van der Waals surface area contributed by atoms with Crippen molar-refractivity contribution in [3.05, 3.63) is 89.5 Å². The lowest BCUT2D eigenvalue weighted by atomic mass is 9.87. The molecule has 0 saturated carbocycles. The Morgan fingerprint density at radius 3 is 2.20 bits per heavy atom. The van der Waals surface area contributed by atoms with Crippen molar-refractivity contribution in [1.82, 2.24) is 10.2 Å². The normalized spacial score (nSPS) is 17.1. The van der Waals surface area contributed by atoms with Crippen LogP contribution in [0.4, 0.5) is 0 Å². The summed E-state index contributed by atoms with van der Waals surface area (Å²) in [4.78, 5) is 28.4. The van der Waals surface area contributed by atoms with E-state index < -0.39 is 5.92 Å². The third kappa shape index (κ3) is 5.40. The quantitative estimate of drug-likeness (QED) is 0.536. The molecule has 1 fully saturated rings. The number of hydrogen-bond donors (Lipinski definition) is 1. The van der Waals surface area contributed by atoms with Crippen molar-refractivity contribution < 1.29 is 23.8 Å². The molecular weight excluding hydrogens is 444 g/mol. The topological polar surface area (TPSA) is 77.1 Å². The Labute approximate surface area is 205 Å². The molecule has 182 valence electrons. The Balaban J connectivity index is 1.60. The van der Waals surface area contributed by atoms with Crippen molar-refractivity contribution in [2.24, 2.45) is 5.92 Å². The second-order valence-corrected chi connectivity index (χ2v) is 8.46. The van der Waals surface area contributed by atoms with E-state index in [2.05, 4.69) is 5.32 Å². The molecule has 0 radical (unpaired) electrons. The monoisotopic (exact) mass is 474 g/mol. The van der Waals surface area contributed by atoms with Crippen LogP contribution in [-0.2, 0) is 11.3 Å². The second-order valence-electron chi connectivity index (χ2n) is 8.46. The summed E-state index contributed by atoms with van der Waals surface area (Å²) in [6.07, 6.45) is 0. The molecule has 0 aliphatic carbocycles. The van der Waals surface area contributed by atoms with Crippen LogP contribution in [0.25, 0.3) is 0 Å². The highest BCUT2D eigenvalue weighted by Crippen LogP contribution is 2.39. The van der Waals surface area contributed by atoms with Gasteiger partial charge in [0.2, 0.25) is 5.91 Å². The average Bonchev–Trinajstić information content (AvgIpc) is 3.37. The molecule has 0 unspecified atom stereocenters. The maximum absolute atomic E-state index is 13.4. The summed E-state index contributed by atoms with van der Waals surface area (Å²) in [6.45, 7) is 1.14. The van der Waals surface area contributed by atoms with E-state index in [1.165, 1.54) is 0 Å². The molecule has 1 saturated heterocycles. The fourth-order valence-corrected chi connectivity index (χ4v) is 4.51. The maximum atomic E-state index is 13.4. The van der Waals surface area contributed by atoms with Crippen molar-refractivity contribution in [3.63, 3.8) is 0 Å². The third-order valence-electron chi connectivity index (χ3n) is 6.43. The van der Waals surface area contributed by atoms with Crippen molar-refractivity contribution >= 4 is 11.8 Å². The van der Waals surface area contributed by atoms with Gasteiger partial charge in [-0.2, -0.15) is 0 Å². The first-order valence-electron chi connectivity index (χ1n) is 11.5. The van der Waals surface area contributed by atoms with Crippen LogP contribution < -0.4 is 19.5 Å². The van der Waals surface area contributed by atoms with Crippen LogP contribution >= 0.6 is 0 Å². The van der Waals surface area contributed by atoms with Gasteiger partial charge in [-0.1, -0.05) is 36.4 Å². The van der Waals surface area contributed by atoms with Gasteiger partial charge >= 0.3 is 0 Å². The van der Waals surface area contributed by atoms with E-state index in [0.29, 0.717) is 42.4 Å². The number of carbonyl (C=O) groups excluding carboxylic acids is 2. The molecule has 0 spiro atoms. The molecule has 1 aliphatic heterocycles. The highest BCUT2D eigenvalue weighted by molar-refractivity contribution is 5.95. The van der Waals surface area contributed by atoms with E-state index in [1.807, 2.05) is 48.5 Å². The lowest BCUT2D eigenvalue weighted by Crippen LogP contribution is -2.35. The van der Waals surface area contributed by atoms with Crippen LogP contribution in [0.2, 0.25) is 0 Å². The molecule has 2 amide bonds. The number of amides is 2. The predicted molar refractivity (Wildman–Crippen MR) is 133 cm³/mol.